The van der Waals surface area contributed by atoms with Crippen molar-refractivity contribution in [2.75, 3.05) is 0 Å². The van der Waals surface area contributed by atoms with Crippen molar-refractivity contribution in [1.82, 2.24) is 5.43 Å². The Morgan fingerprint density at radius 2 is 2.10 bits per heavy atom. The maximum Gasteiger partial charge on any atom is 0.332 e. The summed E-state index contributed by atoms with van der Waals surface area (Å²) in [4.78, 5) is 23.3. The summed E-state index contributed by atoms with van der Waals surface area (Å²) >= 11 is 1.27. The maximum absolute atomic E-state index is 12.9. The molecule has 108 valence electrons. The number of benzene rings is 1. The van der Waals surface area contributed by atoms with Crippen LogP contribution in [-0.2, 0) is 4.79 Å². The molecule has 0 bridgehead atoms. The standard InChI is InChI=1S/C14H12FN3O2S/c15-10-4-6-11(7-5-10)21-13-9(8-19)2-1-3-12(13)17-18-14(16)20/h1-2,4-8H,3H2,(H3,16,18,20). The first-order valence-electron chi connectivity index (χ1n) is 6.02. The zero-order chi connectivity index (χ0) is 15.2. The summed E-state index contributed by atoms with van der Waals surface area (Å²) in [6.45, 7) is 0. The van der Waals surface area contributed by atoms with Gasteiger partial charge in [-0.15, -0.1) is 0 Å². The van der Waals surface area contributed by atoms with Gasteiger partial charge in [-0.1, -0.05) is 23.9 Å². The number of hydrazone groups is 1. The molecule has 3 N–H and O–H groups in total. The van der Waals surface area contributed by atoms with Gasteiger partial charge in [0.15, 0.2) is 6.29 Å². The van der Waals surface area contributed by atoms with Gasteiger partial charge in [0.2, 0.25) is 0 Å². The van der Waals surface area contributed by atoms with Crippen molar-refractivity contribution in [2.45, 2.75) is 11.3 Å². The third kappa shape index (κ3) is 4.03. The van der Waals surface area contributed by atoms with Crippen molar-refractivity contribution >= 4 is 29.8 Å². The molecular weight excluding hydrogens is 293 g/mol. The highest BCUT2D eigenvalue weighted by Crippen LogP contribution is 2.33. The van der Waals surface area contributed by atoms with Crippen LogP contribution in [0.2, 0.25) is 0 Å². The van der Waals surface area contributed by atoms with Gasteiger partial charge in [0.25, 0.3) is 0 Å². The molecule has 2 amide bonds. The fourth-order valence-electron chi connectivity index (χ4n) is 1.68. The minimum Gasteiger partial charge on any atom is -0.350 e. The number of carbonyl (C=O) groups excluding carboxylic acids is 2. The molecule has 0 fully saturated rings. The van der Waals surface area contributed by atoms with Crippen molar-refractivity contribution in [1.29, 1.82) is 0 Å². The number of hydrogen-bond donors (Lipinski definition) is 2. The molecule has 21 heavy (non-hydrogen) atoms. The predicted octanol–water partition coefficient (Wildman–Crippen LogP) is 2.36. The number of nitrogens with one attached hydrogen (secondary N) is 1. The van der Waals surface area contributed by atoms with Crippen LogP contribution in [0.15, 0.2) is 56.9 Å². The van der Waals surface area contributed by atoms with Gasteiger partial charge in [-0.05, 0) is 24.3 Å². The van der Waals surface area contributed by atoms with E-state index in [-0.39, 0.29) is 5.82 Å². The number of primary amides is 1. The molecule has 0 aromatic heterocycles. The fraction of sp³-hybridized carbons (Fsp3) is 0.0714. The van der Waals surface area contributed by atoms with Crippen molar-refractivity contribution in [3.63, 3.8) is 0 Å². The van der Waals surface area contributed by atoms with Crippen LogP contribution >= 0.6 is 11.8 Å². The van der Waals surface area contributed by atoms with Gasteiger partial charge >= 0.3 is 6.03 Å². The third-order valence-electron chi connectivity index (χ3n) is 2.59. The van der Waals surface area contributed by atoms with E-state index in [1.807, 2.05) is 0 Å². The number of hydrogen-bond acceptors (Lipinski definition) is 4. The molecule has 0 radical (unpaired) electrons. The molecule has 0 saturated carbocycles. The van der Waals surface area contributed by atoms with E-state index in [1.165, 1.54) is 23.9 Å². The molecule has 0 unspecified atom stereocenters. The summed E-state index contributed by atoms with van der Waals surface area (Å²) in [6.07, 6.45) is 4.62. The molecule has 0 atom stereocenters. The monoisotopic (exact) mass is 305 g/mol. The molecule has 0 heterocycles. The lowest BCUT2D eigenvalue weighted by Crippen LogP contribution is -2.26. The quantitative estimate of drug-likeness (QED) is 0.661. The van der Waals surface area contributed by atoms with Gasteiger partial charge in [0, 0.05) is 21.8 Å². The number of rotatable bonds is 4. The second kappa shape index (κ2) is 6.85. The predicted molar refractivity (Wildman–Crippen MR) is 79.3 cm³/mol. The zero-order valence-electron chi connectivity index (χ0n) is 10.9. The van der Waals surface area contributed by atoms with Crippen LogP contribution in [0.3, 0.4) is 0 Å². The normalized spacial score (nSPS) is 16.1. The Labute approximate surface area is 124 Å². The molecular formula is C14H12FN3O2S. The number of urea groups is 1. The number of halogens is 1. The molecule has 1 aliphatic carbocycles. The van der Waals surface area contributed by atoms with Gasteiger partial charge in [-0.25, -0.2) is 14.6 Å². The maximum atomic E-state index is 12.9. The van der Waals surface area contributed by atoms with Crippen LogP contribution in [0.5, 0.6) is 0 Å². The largest absolute Gasteiger partial charge is 0.350 e. The molecule has 5 nitrogen and oxygen atoms in total. The molecule has 2 rings (SSSR count). The lowest BCUT2D eigenvalue weighted by molar-refractivity contribution is -0.104. The minimum atomic E-state index is -0.782. The van der Waals surface area contributed by atoms with Gasteiger partial charge < -0.3 is 5.73 Å². The van der Waals surface area contributed by atoms with Crippen LogP contribution in [-0.4, -0.2) is 18.0 Å². The lowest BCUT2D eigenvalue weighted by atomic mass is 10.1. The number of nitrogens with two attached hydrogens (primary N) is 1. The van der Waals surface area contributed by atoms with Crippen molar-refractivity contribution in [3.05, 3.63) is 52.7 Å². The Kier molecular flexibility index (Phi) is 4.89. The minimum absolute atomic E-state index is 0.336. The van der Waals surface area contributed by atoms with E-state index in [0.29, 0.717) is 28.9 Å². The summed E-state index contributed by atoms with van der Waals surface area (Å²) in [6, 6.07) is 5.09. The van der Waals surface area contributed by atoms with Crippen LogP contribution in [0.4, 0.5) is 9.18 Å². The number of carbonyl (C=O) groups is 2. The number of thioether (sulfide) groups is 1. The number of aldehydes is 1. The first-order chi connectivity index (χ1) is 10.1. The molecule has 0 aliphatic heterocycles. The average Bonchev–Trinajstić information content (AvgIpc) is 2.48. The summed E-state index contributed by atoms with van der Waals surface area (Å²) in [7, 11) is 0. The molecule has 1 aromatic rings. The van der Waals surface area contributed by atoms with E-state index in [1.54, 1.807) is 24.3 Å². The Hall–Kier alpha value is -2.41. The van der Waals surface area contributed by atoms with E-state index in [0.717, 1.165) is 4.90 Å². The Morgan fingerprint density at radius 3 is 2.71 bits per heavy atom. The van der Waals surface area contributed by atoms with E-state index in [4.69, 9.17) is 5.73 Å². The third-order valence-corrected chi connectivity index (χ3v) is 3.78. The van der Waals surface area contributed by atoms with E-state index < -0.39 is 6.03 Å². The summed E-state index contributed by atoms with van der Waals surface area (Å²) in [5.74, 6) is -0.336. The van der Waals surface area contributed by atoms with E-state index >= 15 is 0 Å². The molecule has 0 saturated heterocycles. The van der Waals surface area contributed by atoms with Crippen molar-refractivity contribution in [2.24, 2.45) is 10.8 Å². The van der Waals surface area contributed by atoms with Crippen LogP contribution in [0.25, 0.3) is 0 Å². The summed E-state index contributed by atoms with van der Waals surface area (Å²) < 4.78 is 12.9. The van der Waals surface area contributed by atoms with Gasteiger partial charge in [-0.2, -0.15) is 5.10 Å². The Morgan fingerprint density at radius 1 is 1.38 bits per heavy atom. The Balaban J connectivity index is 2.32. The smallest absolute Gasteiger partial charge is 0.332 e. The van der Waals surface area contributed by atoms with Gasteiger partial charge in [-0.3, -0.25) is 4.79 Å². The average molecular weight is 305 g/mol. The number of allylic oxidation sites excluding steroid dienone is 4. The van der Waals surface area contributed by atoms with E-state index in [2.05, 4.69) is 10.5 Å². The van der Waals surface area contributed by atoms with Crippen LogP contribution < -0.4 is 11.2 Å². The Bertz CT molecular complexity index is 651. The highest BCUT2D eigenvalue weighted by atomic mass is 32.2. The lowest BCUT2D eigenvalue weighted by Gasteiger charge is -2.14. The highest BCUT2D eigenvalue weighted by Gasteiger charge is 2.17. The summed E-state index contributed by atoms with van der Waals surface area (Å²) in [5.41, 5.74) is 8.10. The fourth-order valence-corrected chi connectivity index (χ4v) is 2.67. The highest BCUT2D eigenvalue weighted by molar-refractivity contribution is 8.04. The van der Waals surface area contributed by atoms with Gasteiger partial charge in [0.1, 0.15) is 5.82 Å². The van der Waals surface area contributed by atoms with E-state index in [9.17, 15) is 14.0 Å². The molecule has 1 aromatic carbocycles. The molecule has 0 spiro atoms. The second-order valence-electron chi connectivity index (χ2n) is 4.10. The SMILES string of the molecule is NC(=O)NN=C1CC=CC(C=O)=C1Sc1ccc(F)cc1. The van der Waals surface area contributed by atoms with Crippen molar-refractivity contribution in [3.8, 4) is 0 Å². The number of nitrogens with zero attached hydrogens (tertiary/aromatic N) is 1. The van der Waals surface area contributed by atoms with Crippen LogP contribution in [0.1, 0.15) is 6.42 Å². The second-order valence-corrected chi connectivity index (χ2v) is 5.18. The first kappa shape index (κ1) is 15.0. The molecule has 7 heteroatoms. The molecule has 1 aliphatic rings. The number of amides is 2. The van der Waals surface area contributed by atoms with Gasteiger partial charge in [0.05, 0.1) is 5.71 Å². The first-order valence-corrected chi connectivity index (χ1v) is 6.83. The summed E-state index contributed by atoms with van der Waals surface area (Å²) in [5, 5.41) is 3.91. The van der Waals surface area contributed by atoms with Crippen molar-refractivity contribution < 1.29 is 14.0 Å². The zero-order valence-corrected chi connectivity index (χ0v) is 11.7. The van der Waals surface area contributed by atoms with Crippen LogP contribution in [0, 0.1) is 5.82 Å². The topological polar surface area (TPSA) is 84.6 Å².